The van der Waals surface area contributed by atoms with Crippen molar-refractivity contribution in [3.05, 3.63) is 59.8 Å². The largest absolute Gasteiger partial charge is 0.497 e. The summed E-state index contributed by atoms with van der Waals surface area (Å²) in [5.74, 6) is 1.82. The molecule has 6 nitrogen and oxygen atoms in total. The van der Waals surface area contributed by atoms with E-state index < -0.39 is 0 Å². The lowest BCUT2D eigenvalue weighted by molar-refractivity contribution is 0.415. The van der Waals surface area contributed by atoms with Crippen LogP contribution in [0.4, 0.5) is 23.1 Å². The number of nitrogens with one attached hydrogen (secondary N) is 2. The van der Waals surface area contributed by atoms with Gasteiger partial charge in [-0.2, -0.15) is 10.1 Å². The van der Waals surface area contributed by atoms with E-state index in [9.17, 15) is 0 Å². The first-order valence-electron chi connectivity index (χ1n) is 7.60. The molecular weight excluding hydrogens is 302 g/mol. The van der Waals surface area contributed by atoms with Crippen LogP contribution in [0.2, 0.25) is 0 Å². The van der Waals surface area contributed by atoms with Crippen molar-refractivity contribution in [3.8, 4) is 5.75 Å². The first-order valence-corrected chi connectivity index (χ1v) is 7.60. The van der Waals surface area contributed by atoms with Gasteiger partial charge in [0.1, 0.15) is 5.75 Å². The van der Waals surface area contributed by atoms with Crippen LogP contribution in [0.5, 0.6) is 5.75 Å². The molecule has 0 atom stereocenters. The third-order valence-electron chi connectivity index (χ3n) is 3.75. The van der Waals surface area contributed by atoms with E-state index >= 15 is 0 Å². The summed E-state index contributed by atoms with van der Waals surface area (Å²) in [4.78, 5) is 4.45. The smallest absolute Gasteiger partial charge is 0.249 e. The molecule has 0 fully saturated rings. The molecule has 0 saturated carbocycles. The summed E-state index contributed by atoms with van der Waals surface area (Å²) in [6.07, 6.45) is 1.58. The van der Waals surface area contributed by atoms with Crippen LogP contribution < -0.4 is 15.4 Å². The number of hydrogen-bond donors (Lipinski definition) is 2. The molecule has 0 radical (unpaired) electrons. The van der Waals surface area contributed by atoms with Crippen molar-refractivity contribution < 1.29 is 4.74 Å². The second kappa shape index (κ2) is 6.95. The van der Waals surface area contributed by atoms with E-state index in [0.717, 1.165) is 22.7 Å². The maximum absolute atomic E-state index is 5.22. The van der Waals surface area contributed by atoms with Crippen molar-refractivity contribution in [2.75, 3.05) is 17.7 Å². The molecular formula is C18H19N5O. The SMILES string of the molecule is COc1cccc(Nc2cnnc(Nc3cccc(C)c3C)n2)c1. The summed E-state index contributed by atoms with van der Waals surface area (Å²) in [5, 5.41) is 14.5. The summed E-state index contributed by atoms with van der Waals surface area (Å²) in [5.41, 5.74) is 4.20. The molecule has 0 saturated heterocycles. The topological polar surface area (TPSA) is 72.0 Å². The summed E-state index contributed by atoms with van der Waals surface area (Å²) in [6.45, 7) is 4.13. The van der Waals surface area contributed by atoms with Crippen LogP contribution in [0.25, 0.3) is 0 Å². The van der Waals surface area contributed by atoms with Gasteiger partial charge in [0.05, 0.1) is 13.3 Å². The van der Waals surface area contributed by atoms with E-state index in [2.05, 4.69) is 45.7 Å². The third kappa shape index (κ3) is 3.60. The number of hydrogen-bond acceptors (Lipinski definition) is 6. The number of aryl methyl sites for hydroxylation is 1. The highest BCUT2D eigenvalue weighted by molar-refractivity contribution is 5.62. The second-order valence-electron chi connectivity index (χ2n) is 5.39. The Morgan fingerprint density at radius 2 is 1.83 bits per heavy atom. The van der Waals surface area contributed by atoms with Crippen molar-refractivity contribution >= 4 is 23.1 Å². The molecule has 0 aliphatic rings. The molecule has 0 bridgehead atoms. The molecule has 0 amide bonds. The van der Waals surface area contributed by atoms with Crippen molar-refractivity contribution in [3.63, 3.8) is 0 Å². The van der Waals surface area contributed by atoms with Crippen LogP contribution in [-0.4, -0.2) is 22.3 Å². The lowest BCUT2D eigenvalue weighted by Gasteiger charge is -2.11. The molecule has 0 aliphatic heterocycles. The summed E-state index contributed by atoms with van der Waals surface area (Å²) in [7, 11) is 1.64. The maximum Gasteiger partial charge on any atom is 0.249 e. The fraction of sp³-hybridized carbons (Fsp3) is 0.167. The number of nitrogens with zero attached hydrogens (tertiary/aromatic N) is 3. The van der Waals surface area contributed by atoms with Crippen molar-refractivity contribution in [1.82, 2.24) is 15.2 Å². The molecule has 0 unspecified atom stereocenters. The van der Waals surface area contributed by atoms with Crippen molar-refractivity contribution in [1.29, 1.82) is 0 Å². The number of benzene rings is 2. The van der Waals surface area contributed by atoms with E-state index in [4.69, 9.17) is 4.74 Å². The molecule has 1 heterocycles. The maximum atomic E-state index is 5.22. The lowest BCUT2D eigenvalue weighted by Crippen LogP contribution is -2.03. The zero-order valence-electron chi connectivity index (χ0n) is 13.9. The Morgan fingerprint density at radius 1 is 1.00 bits per heavy atom. The second-order valence-corrected chi connectivity index (χ2v) is 5.39. The van der Waals surface area contributed by atoms with E-state index in [1.54, 1.807) is 13.3 Å². The van der Waals surface area contributed by atoms with Crippen molar-refractivity contribution in [2.45, 2.75) is 13.8 Å². The van der Waals surface area contributed by atoms with Gasteiger partial charge in [-0.1, -0.05) is 18.2 Å². The monoisotopic (exact) mass is 321 g/mol. The Labute approximate surface area is 140 Å². The summed E-state index contributed by atoms with van der Waals surface area (Å²) >= 11 is 0. The van der Waals surface area contributed by atoms with Gasteiger partial charge in [0.25, 0.3) is 0 Å². The number of methoxy groups -OCH3 is 1. The Morgan fingerprint density at radius 3 is 2.67 bits per heavy atom. The zero-order valence-corrected chi connectivity index (χ0v) is 13.9. The third-order valence-corrected chi connectivity index (χ3v) is 3.75. The Kier molecular flexibility index (Phi) is 4.56. The molecule has 2 aromatic carbocycles. The highest BCUT2D eigenvalue weighted by Gasteiger charge is 2.05. The Balaban J connectivity index is 1.80. The molecule has 24 heavy (non-hydrogen) atoms. The molecule has 6 heteroatoms. The predicted molar refractivity (Wildman–Crippen MR) is 95.3 cm³/mol. The van der Waals surface area contributed by atoms with Gasteiger partial charge in [-0.05, 0) is 43.2 Å². The average molecular weight is 321 g/mol. The minimum atomic E-state index is 0.441. The highest BCUT2D eigenvalue weighted by Crippen LogP contribution is 2.23. The van der Waals surface area contributed by atoms with Gasteiger partial charge in [0.2, 0.25) is 5.95 Å². The number of aromatic nitrogens is 3. The van der Waals surface area contributed by atoms with Gasteiger partial charge >= 0.3 is 0 Å². The standard InChI is InChI=1S/C18H19N5O/c1-12-6-4-9-16(13(12)2)21-18-22-17(11-19-23-18)20-14-7-5-8-15(10-14)24-3/h4-11H,1-3H3,(H2,20,21,22,23). The number of ether oxygens (including phenoxy) is 1. The summed E-state index contributed by atoms with van der Waals surface area (Å²) < 4.78 is 5.22. The van der Waals surface area contributed by atoms with Crippen LogP contribution in [0, 0.1) is 13.8 Å². The van der Waals surface area contributed by atoms with Crippen LogP contribution in [0.15, 0.2) is 48.7 Å². The highest BCUT2D eigenvalue weighted by atomic mass is 16.5. The van der Waals surface area contributed by atoms with Gasteiger partial charge in [-0.3, -0.25) is 0 Å². The number of rotatable bonds is 5. The first kappa shape index (κ1) is 15.7. The minimum absolute atomic E-state index is 0.441. The van der Waals surface area contributed by atoms with Crippen molar-refractivity contribution in [2.24, 2.45) is 0 Å². The fourth-order valence-corrected chi connectivity index (χ4v) is 2.27. The van der Waals surface area contributed by atoms with Crippen LogP contribution in [-0.2, 0) is 0 Å². The lowest BCUT2D eigenvalue weighted by atomic mass is 10.1. The molecule has 122 valence electrons. The van der Waals surface area contributed by atoms with E-state index in [0.29, 0.717) is 11.8 Å². The molecule has 3 rings (SSSR count). The zero-order chi connectivity index (χ0) is 16.9. The Bertz CT molecular complexity index is 850. The normalized spacial score (nSPS) is 10.3. The first-order chi connectivity index (χ1) is 11.7. The van der Waals surface area contributed by atoms with Crippen LogP contribution >= 0.6 is 0 Å². The Hall–Kier alpha value is -3.15. The van der Waals surface area contributed by atoms with E-state index in [1.165, 1.54) is 5.56 Å². The predicted octanol–water partition coefficient (Wildman–Crippen LogP) is 3.98. The minimum Gasteiger partial charge on any atom is -0.497 e. The fourth-order valence-electron chi connectivity index (χ4n) is 2.27. The van der Waals surface area contributed by atoms with E-state index in [-0.39, 0.29) is 0 Å². The molecule has 3 aromatic rings. The van der Waals surface area contributed by atoms with Gasteiger partial charge in [-0.15, -0.1) is 5.10 Å². The summed E-state index contributed by atoms with van der Waals surface area (Å²) in [6, 6.07) is 13.7. The molecule has 0 spiro atoms. The van der Waals surface area contributed by atoms with Gasteiger partial charge in [0.15, 0.2) is 5.82 Å². The van der Waals surface area contributed by atoms with Gasteiger partial charge in [-0.25, -0.2) is 0 Å². The average Bonchev–Trinajstić information content (AvgIpc) is 2.59. The molecule has 0 aliphatic carbocycles. The number of anilines is 4. The molecule has 2 N–H and O–H groups in total. The van der Waals surface area contributed by atoms with Crippen LogP contribution in [0.1, 0.15) is 11.1 Å². The van der Waals surface area contributed by atoms with Crippen LogP contribution in [0.3, 0.4) is 0 Å². The van der Waals surface area contributed by atoms with Gasteiger partial charge < -0.3 is 15.4 Å². The quantitative estimate of drug-likeness (QED) is 0.740. The van der Waals surface area contributed by atoms with Gasteiger partial charge in [0, 0.05) is 17.4 Å². The van der Waals surface area contributed by atoms with E-state index in [1.807, 2.05) is 36.4 Å². The molecule has 1 aromatic heterocycles.